The molecule has 14 atom stereocenters. The second-order valence-corrected chi connectivity index (χ2v) is 28.9. The van der Waals surface area contributed by atoms with Crippen LogP contribution in [-0.4, -0.2) is 254 Å². The molecule has 9 aliphatic carbocycles. The van der Waals surface area contributed by atoms with E-state index in [9.17, 15) is 86.3 Å². The largest absolute Gasteiger partial charge is 0.465 e. The number of carbonyl (C=O) groups is 18. The van der Waals surface area contributed by atoms with E-state index >= 15 is 0 Å². The number of imide groups is 4. The molecule has 3 aromatic rings. The average Bonchev–Trinajstić information content (AvgIpc) is 1.56. The standard InChI is InChI=1S/C26H26N2O8.C16H18N2O6.C12H8O6.C12H14O6.C12H14O4.C4H10O/c1-3-10-27-21(29)17-15-8-9-16(18(17)22(27)30)20-19(15)23(31)28(24(20)32)11-12-36-26(34)14-6-4-13(5-7-14)25(33)35-2;19-5-3-17-13(21)9-7-1-2-8(11(9)15(17)23)12-10(7)14(22)18(4-6-20)16(12)24;13-9-5-3-1-2-4(7(5)11(15)17-9)8-6(3)10(14)18-12(8)16;13-5-7-17-11(15)9-1-2-10(4-3-9)12(16)18-8-6-14;1-3-8-16-12(14)10-6-4-9(5-7-10)11(13)15-2;1-3-4-5-2/h4-9,15-20H,3,10-12H2,1-2H3;1-2,7-12,19-20H,3-6H2;1-8H;1-4,13-14H,5-8H2;4-7H,3,8H2,1-2H3;3-4H2,1-2H3. The molecule has 3 aromatic carbocycles. The van der Waals surface area contributed by atoms with E-state index in [1.165, 1.54) is 79.8 Å². The number of likely N-dealkylation sites (tertiary alicyclic amines) is 4. The van der Waals surface area contributed by atoms with Gasteiger partial charge in [-0.1, -0.05) is 57.2 Å². The van der Waals surface area contributed by atoms with E-state index in [2.05, 4.69) is 25.9 Å². The molecule has 6 heterocycles. The maximum absolute atomic E-state index is 13.3. The molecule has 0 radical (unpaired) electrons. The van der Waals surface area contributed by atoms with Crippen molar-refractivity contribution in [3.8, 4) is 0 Å². The fourth-order valence-corrected chi connectivity index (χ4v) is 17.5. The van der Waals surface area contributed by atoms with Crippen LogP contribution in [0.5, 0.6) is 0 Å². The lowest BCUT2D eigenvalue weighted by atomic mass is 9.54. The first-order valence-electron chi connectivity index (χ1n) is 38.3. The maximum atomic E-state index is 13.3. The molecule has 8 amide bonds. The third-order valence-electron chi connectivity index (χ3n) is 22.4. The van der Waals surface area contributed by atoms with Crippen LogP contribution >= 0.6 is 0 Å². The molecular weight excluding hydrogens is 1540 g/mol. The summed E-state index contributed by atoms with van der Waals surface area (Å²) in [7, 11) is 4.28. The molecule has 14 unspecified atom stereocenters. The summed E-state index contributed by atoms with van der Waals surface area (Å²) in [6, 6.07) is 17.6. The van der Waals surface area contributed by atoms with Gasteiger partial charge in [0.1, 0.15) is 19.8 Å². The summed E-state index contributed by atoms with van der Waals surface area (Å²) in [5, 5.41) is 35.2. The molecule has 3 saturated carbocycles. The lowest BCUT2D eigenvalue weighted by molar-refractivity contribution is -0.155. The number of hydrogen-bond donors (Lipinski definition) is 4. The van der Waals surface area contributed by atoms with Crippen LogP contribution in [0.1, 0.15) is 102 Å². The van der Waals surface area contributed by atoms with Crippen molar-refractivity contribution in [1.82, 2.24) is 19.6 Å². The van der Waals surface area contributed by atoms with Crippen LogP contribution in [0.4, 0.5) is 0 Å². The zero-order valence-electron chi connectivity index (χ0n) is 64.7. The summed E-state index contributed by atoms with van der Waals surface area (Å²) in [5.74, 6) is -18.8. The molecule has 9 fully saturated rings. The highest BCUT2D eigenvalue weighted by molar-refractivity contribution is 6.13. The minimum absolute atomic E-state index is 0.0576. The number of rotatable bonds is 23. The van der Waals surface area contributed by atoms with Crippen molar-refractivity contribution >= 4 is 107 Å². The van der Waals surface area contributed by atoms with Crippen LogP contribution in [-0.2, 0) is 100 Å². The Labute approximate surface area is 669 Å². The molecule has 6 bridgehead atoms. The Kier molecular flexibility index (Phi) is 29.1. The first-order valence-corrected chi connectivity index (χ1v) is 38.3. The molecule has 15 aliphatic rings. The number of β-amino-alcohol motifs (C(OH)–C–C–N with tert-alkyl or cyclic N) is 2. The molecule has 4 N–H and O–H groups in total. The van der Waals surface area contributed by atoms with Crippen molar-refractivity contribution in [3.05, 3.63) is 143 Å². The molecule has 35 heteroatoms. The lowest BCUT2D eigenvalue weighted by Gasteiger charge is -2.44. The van der Waals surface area contributed by atoms with Gasteiger partial charge in [-0.25, -0.2) is 28.8 Å². The summed E-state index contributed by atoms with van der Waals surface area (Å²) < 4.78 is 42.8. The smallest absolute Gasteiger partial charge is 0.338 e. The monoisotopic (exact) mass is 1630 g/mol. The van der Waals surface area contributed by atoms with Crippen molar-refractivity contribution in [1.29, 1.82) is 0 Å². The number of methoxy groups -OCH3 is 3. The molecule has 624 valence electrons. The number of nitrogens with zero attached hydrogens (tertiary/aromatic N) is 4. The summed E-state index contributed by atoms with van der Waals surface area (Å²) >= 11 is 0. The first kappa shape index (κ1) is 87.7. The third-order valence-corrected chi connectivity index (χ3v) is 22.4. The van der Waals surface area contributed by atoms with Gasteiger partial charge in [0.25, 0.3) is 0 Å². The van der Waals surface area contributed by atoms with Crippen LogP contribution in [0.15, 0.2) is 109 Å². The number of hydrogen-bond acceptors (Lipinski definition) is 31. The highest BCUT2D eigenvalue weighted by Crippen LogP contribution is 2.60. The lowest BCUT2D eigenvalue weighted by Crippen LogP contribution is -2.50. The second kappa shape index (κ2) is 38.9. The van der Waals surface area contributed by atoms with E-state index in [0.29, 0.717) is 30.7 Å². The van der Waals surface area contributed by atoms with Crippen LogP contribution in [0.2, 0.25) is 0 Å². The van der Waals surface area contributed by atoms with Gasteiger partial charge in [-0.05, 0) is 92.1 Å². The quantitative estimate of drug-likeness (QED) is 0.0344. The van der Waals surface area contributed by atoms with E-state index in [4.69, 9.17) is 44.1 Å². The Hall–Kier alpha value is -11.7. The molecule has 117 heavy (non-hydrogen) atoms. The van der Waals surface area contributed by atoms with Crippen LogP contribution in [0, 0.1) is 107 Å². The number of benzene rings is 3. The Balaban J connectivity index is 0.000000157. The maximum Gasteiger partial charge on any atom is 0.338 e. The zero-order valence-corrected chi connectivity index (χ0v) is 64.7. The molecule has 18 rings (SSSR count). The van der Waals surface area contributed by atoms with Gasteiger partial charge < -0.3 is 63.1 Å². The fraction of sp³-hybridized carbons (Fsp3) is 0.488. The van der Waals surface area contributed by atoms with Crippen molar-refractivity contribution < 1.29 is 149 Å². The Bertz CT molecular complexity index is 4200. The minimum atomic E-state index is -0.686. The van der Waals surface area contributed by atoms with Crippen molar-refractivity contribution in [2.24, 2.45) is 107 Å². The Morgan fingerprint density at radius 1 is 0.282 bits per heavy atom. The van der Waals surface area contributed by atoms with Gasteiger partial charge in [0.05, 0.1) is 171 Å². The number of cyclic esters (lactones) is 4. The number of amides is 8. The molecule has 6 saturated heterocycles. The summed E-state index contributed by atoms with van der Waals surface area (Å²) in [6.07, 6.45) is 13.2. The molecule has 0 spiro atoms. The topological polar surface area (TPSA) is 484 Å². The third kappa shape index (κ3) is 17.4. The number of ether oxygens (including phenoxy) is 9. The van der Waals surface area contributed by atoms with E-state index in [-0.39, 0.29) is 130 Å². The van der Waals surface area contributed by atoms with E-state index in [1.54, 1.807) is 43.5 Å². The van der Waals surface area contributed by atoms with Gasteiger partial charge >= 0.3 is 59.7 Å². The van der Waals surface area contributed by atoms with E-state index in [0.717, 1.165) is 34.1 Å². The number of esters is 10. The number of aliphatic hydroxyl groups is 4. The SMILES string of the molecule is CCCN1C(=O)C2C3C=CC(C2C1=O)C1C(=O)N(CCOC(=O)c2ccc(C(=O)OC)cc2)C(=O)C31.CCCOC.CCCOC(=O)c1ccc(C(=O)OC)cc1.O=C(OCCO)c1ccc(C(=O)OCCO)cc1.O=C1C2C3C=CC(C2C(=O)N1CCO)C1C(=O)N(CCO)C(=O)C31.O=C1OC(=O)C2C3C=CC(C12)C1C(=O)OC(=O)C31. The predicted molar refractivity (Wildman–Crippen MR) is 394 cm³/mol. The Morgan fingerprint density at radius 3 is 0.718 bits per heavy atom. The summed E-state index contributed by atoms with van der Waals surface area (Å²) in [6.45, 7) is 5.85. The van der Waals surface area contributed by atoms with Gasteiger partial charge in [0, 0.05) is 55.8 Å². The zero-order chi connectivity index (χ0) is 85.0. The predicted octanol–water partition coefficient (Wildman–Crippen LogP) is 1.55. The van der Waals surface area contributed by atoms with Crippen molar-refractivity contribution in [2.45, 2.75) is 40.0 Å². The summed E-state index contributed by atoms with van der Waals surface area (Å²) in [4.78, 5) is 223. The average molecular weight is 1630 g/mol. The highest BCUT2D eigenvalue weighted by Gasteiger charge is 2.71. The Morgan fingerprint density at radius 2 is 0.504 bits per heavy atom. The van der Waals surface area contributed by atoms with Gasteiger partial charge in [-0.2, -0.15) is 0 Å². The van der Waals surface area contributed by atoms with Crippen LogP contribution in [0.3, 0.4) is 0 Å². The van der Waals surface area contributed by atoms with Gasteiger partial charge in [-0.3, -0.25) is 77.1 Å². The normalized spacial score (nSPS) is 28.0. The summed E-state index contributed by atoms with van der Waals surface area (Å²) in [5.41, 5.74) is 1.90. The van der Waals surface area contributed by atoms with E-state index in [1.807, 2.05) is 26.0 Å². The van der Waals surface area contributed by atoms with Gasteiger partial charge in [0.15, 0.2) is 0 Å². The number of allylic oxidation sites excluding steroid dienone is 6. The van der Waals surface area contributed by atoms with E-state index < -0.39 is 172 Å². The molecule has 0 aromatic heterocycles. The molecular formula is C82H90N4O31. The van der Waals surface area contributed by atoms with Crippen LogP contribution < -0.4 is 0 Å². The van der Waals surface area contributed by atoms with Crippen molar-refractivity contribution in [2.75, 3.05) is 107 Å². The molecule has 35 nitrogen and oxygen atoms in total. The molecule has 6 aliphatic heterocycles. The van der Waals surface area contributed by atoms with Gasteiger partial charge in [-0.15, -0.1) is 0 Å². The van der Waals surface area contributed by atoms with Gasteiger partial charge in [0.2, 0.25) is 47.3 Å². The van der Waals surface area contributed by atoms with Crippen LogP contribution in [0.25, 0.3) is 0 Å². The minimum Gasteiger partial charge on any atom is -0.465 e. The number of carbonyl (C=O) groups excluding carboxylic acids is 18. The fourth-order valence-electron chi connectivity index (χ4n) is 17.5. The second-order valence-electron chi connectivity index (χ2n) is 28.9. The van der Waals surface area contributed by atoms with Crippen molar-refractivity contribution in [3.63, 3.8) is 0 Å². The first-order chi connectivity index (χ1) is 56.2. The number of aliphatic hydroxyl groups excluding tert-OH is 4. The highest BCUT2D eigenvalue weighted by atomic mass is 16.6.